The first-order chi connectivity index (χ1) is 12.4. The third-order valence-corrected chi connectivity index (χ3v) is 7.11. The Labute approximate surface area is 154 Å². The van der Waals surface area contributed by atoms with Crippen molar-refractivity contribution in [3.63, 3.8) is 0 Å². The Morgan fingerprint density at radius 3 is 2.50 bits per heavy atom. The first kappa shape index (κ1) is 18.5. The maximum absolute atomic E-state index is 12.6. The second kappa shape index (κ2) is 7.52. The van der Waals surface area contributed by atoms with E-state index in [1.165, 1.54) is 23.1 Å². The maximum atomic E-state index is 12.6. The number of carbonyl (C=O) groups is 1. The van der Waals surface area contributed by atoms with E-state index in [1.54, 1.807) is 23.6 Å². The van der Waals surface area contributed by atoms with Gasteiger partial charge in [0.2, 0.25) is 10.0 Å². The first-order valence-corrected chi connectivity index (χ1v) is 10.3. The van der Waals surface area contributed by atoms with E-state index in [4.69, 9.17) is 0 Å². The van der Waals surface area contributed by atoms with Crippen molar-refractivity contribution >= 4 is 33.0 Å². The molecule has 26 heavy (non-hydrogen) atoms. The van der Waals surface area contributed by atoms with E-state index in [0.717, 1.165) is 11.3 Å². The molecule has 2 aromatic rings. The topological polar surface area (TPSA) is 110 Å². The zero-order chi connectivity index (χ0) is 18.7. The van der Waals surface area contributed by atoms with Gasteiger partial charge in [0, 0.05) is 25.2 Å². The second-order valence-corrected chi connectivity index (χ2v) is 8.78. The molecule has 1 aliphatic heterocycles. The van der Waals surface area contributed by atoms with Gasteiger partial charge in [-0.25, -0.2) is 13.1 Å². The molecule has 0 atom stereocenters. The predicted molar refractivity (Wildman–Crippen MR) is 96.7 cm³/mol. The monoisotopic (exact) mass is 395 g/mol. The molecule has 8 nitrogen and oxygen atoms in total. The molecule has 10 heteroatoms. The zero-order valence-electron chi connectivity index (χ0n) is 13.7. The fourth-order valence-electron chi connectivity index (χ4n) is 2.88. The number of amides is 1. The normalized spacial score (nSPS) is 15.8. The third kappa shape index (κ3) is 3.92. The minimum atomic E-state index is -3.55. The van der Waals surface area contributed by atoms with Gasteiger partial charge in [0.1, 0.15) is 9.77 Å². The van der Waals surface area contributed by atoms with Crippen LogP contribution in [0.1, 0.15) is 23.2 Å². The third-order valence-electron chi connectivity index (χ3n) is 4.20. The molecule has 0 radical (unpaired) electrons. The summed E-state index contributed by atoms with van der Waals surface area (Å²) in [5.41, 5.74) is -0.173. The van der Waals surface area contributed by atoms with E-state index in [9.17, 15) is 23.3 Å². The number of para-hydroxylation sites is 1. The van der Waals surface area contributed by atoms with Crippen molar-refractivity contribution in [1.82, 2.24) is 9.62 Å². The van der Waals surface area contributed by atoms with Crippen molar-refractivity contribution in [1.29, 1.82) is 0 Å². The molecule has 1 aliphatic rings. The van der Waals surface area contributed by atoms with Gasteiger partial charge in [0.15, 0.2) is 0 Å². The molecule has 1 saturated heterocycles. The van der Waals surface area contributed by atoms with Gasteiger partial charge < -0.3 is 4.90 Å². The molecular weight excluding hydrogens is 378 g/mol. The molecule has 1 amide bonds. The predicted octanol–water partition coefficient (Wildman–Crippen LogP) is 2.24. The highest BCUT2D eigenvalue weighted by molar-refractivity contribution is 7.91. The van der Waals surface area contributed by atoms with Crippen LogP contribution in [-0.2, 0) is 10.0 Å². The van der Waals surface area contributed by atoms with Crippen molar-refractivity contribution in [2.24, 2.45) is 0 Å². The van der Waals surface area contributed by atoms with Crippen LogP contribution in [0.5, 0.6) is 0 Å². The lowest BCUT2D eigenvalue weighted by molar-refractivity contribution is -0.385. The van der Waals surface area contributed by atoms with E-state index in [-0.39, 0.29) is 21.5 Å². The number of benzene rings is 1. The summed E-state index contributed by atoms with van der Waals surface area (Å²) in [7, 11) is -3.55. The number of nitrogens with one attached hydrogen (secondary N) is 1. The highest BCUT2D eigenvalue weighted by Crippen LogP contribution is 2.23. The lowest BCUT2D eigenvalue weighted by Gasteiger charge is -2.32. The van der Waals surface area contributed by atoms with Gasteiger partial charge >= 0.3 is 0 Å². The van der Waals surface area contributed by atoms with Gasteiger partial charge in [-0.15, -0.1) is 11.3 Å². The van der Waals surface area contributed by atoms with E-state index in [1.807, 2.05) is 0 Å². The Balaban J connectivity index is 1.64. The van der Waals surface area contributed by atoms with Gasteiger partial charge in [-0.05, 0) is 30.4 Å². The number of hydrogen-bond donors (Lipinski definition) is 1. The fourth-order valence-corrected chi connectivity index (χ4v) is 5.19. The summed E-state index contributed by atoms with van der Waals surface area (Å²) in [5, 5.41) is 12.8. The lowest BCUT2D eigenvalue weighted by atomic mass is 10.0. The minimum Gasteiger partial charge on any atom is -0.338 e. The second-order valence-electron chi connectivity index (χ2n) is 5.89. The molecule has 138 valence electrons. The molecule has 2 heterocycles. The van der Waals surface area contributed by atoms with Gasteiger partial charge in [0.05, 0.1) is 4.92 Å². The summed E-state index contributed by atoms with van der Waals surface area (Å²) >= 11 is 1.15. The molecule has 0 saturated carbocycles. The Hall–Kier alpha value is -2.30. The number of thiophene rings is 1. The summed E-state index contributed by atoms with van der Waals surface area (Å²) < 4.78 is 27.4. The Morgan fingerprint density at radius 1 is 1.19 bits per heavy atom. The molecule has 0 unspecified atom stereocenters. The molecule has 1 N–H and O–H groups in total. The number of piperidine rings is 1. The molecule has 0 bridgehead atoms. The maximum Gasteiger partial charge on any atom is 0.282 e. The molecule has 0 spiro atoms. The average Bonchev–Trinajstić information content (AvgIpc) is 3.17. The standard InChI is InChI=1S/C16H17N3O5S2/c20-16(13-4-1-2-5-14(13)19(21)22)18-9-7-12(8-10-18)17-26(23,24)15-6-3-11-25-15/h1-6,11-12,17H,7-10H2. The minimum absolute atomic E-state index is 0.0510. The van der Waals surface area contributed by atoms with Gasteiger partial charge in [-0.3, -0.25) is 14.9 Å². The number of sulfonamides is 1. The fraction of sp³-hybridized carbons (Fsp3) is 0.312. The molecule has 3 rings (SSSR count). The van der Waals surface area contributed by atoms with E-state index in [0.29, 0.717) is 25.9 Å². The van der Waals surface area contributed by atoms with Crippen LogP contribution in [0.25, 0.3) is 0 Å². The number of hydrogen-bond acceptors (Lipinski definition) is 6. The van der Waals surface area contributed by atoms with Gasteiger partial charge in [0.25, 0.3) is 11.6 Å². The average molecular weight is 395 g/mol. The summed E-state index contributed by atoms with van der Waals surface area (Å²) in [6, 6.07) is 8.79. The smallest absolute Gasteiger partial charge is 0.282 e. The molecular formula is C16H17N3O5S2. The van der Waals surface area contributed by atoms with E-state index in [2.05, 4.69) is 4.72 Å². The number of nitro groups is 1. The van der Waals surface area contributed by atoms with Crippen LogP contribution >= 0.6 is 11.3 Å². The lowest BCUT2D eigenvalue weighted by Crippen LogP contribution is -2.46. The molecule has 0 aliphatic carbocycles. The van der Waals surface area contributed by atoms with Crippen molar-refractivity contribution in [3.05, 3.63) is 57.5 Å². The highest BCUT2D eigenvalue weighted by atomic mass is 32.2. The summed E-state index contributed by atoms with van der Waals surface area (Å²) in [6.07, 6.45) is 0.911. The van der Waals surface area contributed by atoms with Crippen molar-refractivity contribution in [2.75, 3.05) is 13.1 Å². The van der Waals surface area contributed by atoms with E-state index >= 15 is 0 Å². The van der Waals surface area contributed by atoms with Crippen LogP contribution in [0.2, 0.25) is 0 Å². The Morgan fingerprint density at radius 2 is 1.88 bits per heavy atom. The highest BCUT2D eigenvalue weighted by Gasteiger charge is 2.30. The van der Waals surface area contributed by atoms with Crippen LogP contribution in [0.4, 0.5) is 5.69 Å². The van der Waals surface area contributed by atoms with Crippen molar-refractivity contribution in [2.45, 2.75) is 23.1 Å². The van der Waals surface area contributed by atoms with Crippen molar-refractivity contribution in [3.8, 4) is 0 Å². The number of likely N-dealkylation sites (tertiary alicyclic amines) is 1. The molecule has 1 fully saturated rings. The zero-order valence-corrected chi connectivity index (χ0v) is 15.3. The molecule has 1 aromatic carbocycles. The van der Waals surface area contributed by atoms with E-state index < -0.39 is 20.9 Å². The number of nitrogens with zero attached hydrogens (tertiary/aromatic N) is 2. The number of rotatable bonds is 5. The van der Waals surface area contributed by atoms with Crippen molar-refractivity contribution < 1.29 is 18.1 Å². The van der Waals surface area contributed by atoms with Crippen LogP contribution < -0.4 is 4.72 Å². The van der Waals surface area contributed by atoms with Crippen LogP contribution in [0, 0.1) is 10.1 Å². The van der Waals surface area contributed by atoms with Crippen LogP contribution in [0.15, 0.2) is 46.0 Å². The largest absolute Gasteiger partial charge is 0.338 e. The Kier molecular flexibility index (Phi) is 5.35. The summed E-state index contributed by atoms with van der Waals surface area (Å²) in [6.45, 7) is 0.672. The van der Waals surface area contributed by atoms with Gasteiger partial charge in [-0.1, -0.05) is 18.2 Å². The SMILES string of the molecule is O=C(c1ccccc1[N+](=O)[O-])N1CCC(NS(=O)(=O)c2cccs2)CC1. The number of carbonyl (C=O) groups excluding carboxylic acids is 1. The first-order valence-electron chi connectivity index (χ1n) is 7.97. The van der Waals surface area contributed by atoms with Crippen LogP contribution in [0.3, 0.4) is 0 Å². The number of nitro benzene ring substituents is 1. The quantitative estimate of drug-likeness (QED) is 0.617. The van der Waals surface area contributed by atoms with Gasteiger partial charge in [-0.2, -0.15) is 0 Å². The molecule has 1 aromatic heterocycles. The summed E-state index contributed by atoms with van der Waals surface area (Å²) in [4.78, 5) is 24.6. The van der Waals surface area contributed by atoms with Crippen LogP contribution in [-0.4, -0.2) is 43.3 Å². The summed E-state index contributed by atoms with van der Waals surface area (Å²) in [5.74, 6) is -0.406. The Bertz CT molecular complexity index is 904.